The third kappa shape index (κ3) is 4.18. The number of urea groups is 1. The first kappa shape index (κ1) is 21.4. The monoisotopic (exact) mass is 433 g/mol. The van der Waals surface area contributed by atoms with Crippen LogP contribution in [0.3, 0.4) is 0 Å². The highest BCUT2D eigenvalue weighted by molar-refractivity contribution is 7.92. The van der Waals surface area contributed by atoms with Gasteiger partial charge in [-0.15, -0.1) is 0 Å². The Morgan fingerprint density at radius 3 is 2.17 bits per heavy atom. The molecule has 9 nitrogen and oxygen atoms in total. The second-order valence-corrected chi connectivity index (χ2v) is 8.37. The second-order valence-electron chi connectivity index (χ2n) is 6.69. The normalized spacial score (nSPS) is 18.5. The third-order valence-electron chi connectivity index (χ3n) is 4.58. The van der Waals surface area contributed by atoms with Crippen LogP contribution < -0.4 is 24.8 Å². The van der Waals surface area contributed by atoms with Crippen LogP contribution in [0.2, 0.25) is 0 Å². The van der Waals surface area contributed by atoms with E-state index >= 15 is 0 Å². The first-order chi connectivity index (χ1) is 14.2. The SMILES string of the molecule is CCOc1ccc(S(=O)(=O)Nc2ccc([C@@]3(C)NC(=O)NC3=O)cc2)cc1OCC. The molecule has 3 amide bonds. The molecule has 1 saturated heterocycles. The summed E-state index contributed by atoms with van der Waals surface area (Å²) < 4.78 is 39.0. The predicted octanol–water partition coefficient (Wildman–Crippen LogP) is 2.34. The zero-order valence-electron chi connectivity index (χ0n) is 16.8. The number of amides is 3. The van der Waals surface area contributed by atoms with Crippen molar-refractivity contribution in [3.8, 4) is 11.5 Å². The summed E-state index contributed by atoms with van der Waals surface area (Å²) in [4.78, 5) is 23.5. The molecule has 0 unspecified atom stereocenters. The standard InChI is InChI=1S/C20H23N3O6S/c1-4-28-16-11-10-15(12-17(16)29-5-2)30(26,27)23-14-8-6-13(7-9-14)20(3)18(24)21-19(25)22-20/h6-12,23H,4-5H2,1-3H3,(H2,21,22,24,25)/t20-/m1/s1. The number of anilines is 1. The van der Waals surface area contributed by atoms with Crippen molar-refractivity contribution in [2.24, 2.45) is 0 Å². The van der Waals surface area contributed by atoms with Gasteiger partial charge in [-0.25, -0.2) is 13.2 Å². The molecular formula is C20H23N3O6S. The fraction of sp³-hybridized carbons (Fsp3) is 0.300. The molecule has 1 aliphatic heterocycles. The molecule has 10 heteroatoms. The van der Waals surface area contributed by atoms with Gasteiger partial charge in [0.1, 0.15) is 5.54 Å². The molecule has 160 valence electrons. The van der Waals surface area contributed by atoms with Gasteiger partial charge in [-0.05, 0) is 50.6 Å². The van der Waals surface area contributed by atoms with E-state index in [9.17, 15) is 18.0 Å². The van der Waals surface area contributed by atoms with Gasteiger partial charge in [-0.3, -0.25) is 14.8 Å². The molecule has 0 aliphatic carbocycles. The summed E-state index contributed by atoms with van der Waals surface area (Å²) in [5, 5.41) is 4.75. The molecule has 1 fully saturated rings. The average molecular weight is 433 g/mol. The summed E-state index contributed by atoms with van der Waals surface area (Å²) in [5.74, 6) is 0.333. The van der Waals surface area contributed by atoms with Crippen molar-refractivity contribution < 1.29 is 27.5 Å². The van der Waals surface area contributed by atoms with Gasteiger partial charge in [0, 0.05) is 11.8 Å². The largest absolute Gasteiger partial charge is 0.490 e. The van der Waals surface area contributed by atoms with E-state index in [1.807, 2.05) is 6.92 Å². The van der Waals surface area contributed by atoms with Gasteiger partial charge in [-0.2, -0.15) is 0 Å². The Morgan fingerprint density at radius 1 is 0.967 bits per heavy atom. The van der Waals surface area contributed by atoms with Crippen LogP contribution >= 0.6 is 0 Å². The minimum atomic E-state index is -3.89. The summed E-state index contributed by atoms with van der Waals surface area (Å²) in [6, 6.07) is 10.0. The number of hydrogen-bond acceptors (Lipinski definition) is 6. The van der Waals surface area contributed by atoms with Gasteiger partial charge in [0.2, 0.25) is 0 Å². The molecule has 0 aromatic heterocycles. The van der Waals surface area contributed by atoms with Crippen LogP contribution in [0.5, 0.6) is 11.5 Å². The van der Waals surface area contributed by atoms with Gasteiger partial charge < -0.3 is 14.8 Å². The summed E-state index contributed by atoms with van der Waals surface area (Å²) >= 11 is 0. The summed E-state index contributed by atoms with van der Waals surface area (Å²) in [6.45, 7) is 5.98. The molecule has 2 aromatic carbocycles. The van der Waals surface area contributed by atoms with E-state index in [0.29, 0.717) is 36.0 Å². The number of hydrogen-bond donors (Lipinski definition) is 3. The first-order valence-corrected chi connectivity index (χ1v) is 10.8. The molecule has 0 spiro atoms. The topological polar surface area (TPSA) is 123 Å². The Labute approximate surface area is 174 Å². The van der Waals surface area contributed by atoms with Crippen LogP contribution in [0, 0.1) is 0 Å². The summed E-state index contributed by atoms with van der Waals surface area (Å²) in [7, 11) is -3.89. The number of imide groups is 1. The molecular weight excluding hydrogens is 410 g/mol. The number of carbonyl (C=O) groups excluding carboxylic acids is 2. The van der Waals surface area contributed by atoms with Crippen LogP contribution in [0.25, 0.3) is 0 Å². The zero-order chi connectivity index (χ0) is 21.9. The minimum Gasteiger partial charge on any atom is -0.490 e. The number of rotatable bonds is 8. The molecule has 0 saturated carbocycles. The van der Waals surface area contributed by atoms with Gasteiger partial charge in [0.25, 0.3) is 15.9 Å². The molecule has 1 atom stereocenters. The third-order valence-corrected chi connectivity index (χ3v) is 5.96. The maximum Gasteiger partial charge on any atom is 0.322 e. The molecule has 2 aromatic rings. The summed E-state index contributed by atoms with van der Waals surface area (Å²) in [6.07, 6.45) is 0. The van der Waals surface area contributed by atoms with E-state index in [4.69, 9.17) is 9.47 Å². The van der Waals surface area contributed by atoms with E-state index in [0.717, 1.165) is 0 Å². The first-order valence-electron chi connectivity index (χ1n) is 9.36. The van der Waals surface area contributed by atoms with Gasteiger partial charge in [-0.1, -0.05) is 12.1 Å². The van der Waals surface area contributed by atoms with E-state index in [1.54, 1.807) is 32.0 Å². The average Bonchev–Trinajstić information content (AvgIpc) is 2.96. The van der Waals surface area contributed by atoms with Gasteiger partial charge in [0.05, 0.1) is 18.1 Å². The number of benzene rings is 2. The minimum absolute atomic E-state index is 0.0212. The molecule has 0 radical (unpaired) electrons. The van der Waals surface area contributed by atoms with Crippen LogP contribution in [0.15, 0.2) is 47.4 Å². The van der Waals surface area contributed by atoms with Gasteiger partial charge in [0.15, 0.2) is 11.5 Å². The highest BCUT2D eigenvalue weighted by atomic mass is 32.2. The van der Waals surface area contributed by atoms with Crippen molar-refractivity contribution in [1.29, 1.82) is 0 Å². The van der Waals surface area contributed by atoms with Gasteiger partial charge >= 0.3 is 6.03 Å². The molecule has 1 heterocycles. The molecule has 3 rings (SSSR count). The quantitative estimate of drug-likeness (QED) is 0.549. The van der Waals surface area contributed by atoms with Crippen LogP contribution in [-0.4, -0.2) is 33.6 Å². The fourth-order valence-electron chi connectivity index (χ4n) is 3.03. The van der Waals surface area contributed by atoms with E-state index < -0.39 is 27.5 Å². The predicted molar refractivity (Wildman–Crippen MR) is 110 cm³/mol. The van der Waals surface area contributed by atoms with Crippen molar-refractivity contribution in [2.75, 3.05) is 17.9 Å². The lowest BCUT2D eigenvalue weighted by Gasteiger charge is -2.21. The van der Waals surface area contributed by atoms with Crippen molar-refractivity contribution >= 4 is 27.6 Å². The maximum atomic E-state index is 12.8. The number of ether oxygens (including phenoxy) is 2. The van der Waals surface area contributed by atoms with Crippen LogP contribution in [0.4, 0.5) is 10.5 Å². The molecule has 0 bridgehead atoms. The smallest absolute Gasteiger partial charge is 0.322 e. The van der Waals surface area contributed by atoms with E-state index in [1.165, 1.54) is 24.3 Å². The van der Waals surface area contributed by atoms with Crippen molar-refractivity contribution in [3.63, 3.8) is 0 Å². The lowest BCUT2D eigenvalue weighted by molar-refractivity contribution is -0.123. The Balaban J connectivity index is 1.83. The Morgan fingerprint density at radius 2 is 1.60 bits per heavy atom. The molecule has 30 heavy (non-hydrogen) atoms. The van der Waals surface area contributed by atoms with Crippen molar-refractivity contribution in [1.82, 2.24) is 10.6 Å². The number of nitrogens with one attached hydrogen (secondary N) is 3. The highest BCUT2D eigenvalue weighted by Crippen LogP contribution is 2.31. The number of sulfonamides is 1. The Bertz CT molecular complexity index is 1070. The fourth-order valence-corrected chi connectivity index (χ4v) is 4.10. The second kappa shape index (κ2) is 8.23. The van der Waals surface area contributed by atoms with Crippen molar-refractivity contribution in [2.45, 2.75) is 31.2 Å². The lowest BCUT2D eigenvalue weighted by Crippen LogP contribution is -2.40. The number of carbonyl (C=O) groups is 2. The van der Waals surface area contributed by atoms with Crippen LogP contribution in [-0.2, 0) is 20.4 Å². The lowest BCUT2D eigenvalue weighted by atomic mass is 9.92. The van der Waals surface area contributed by atoms with E-state index in [2.05, 4.69) is 15.4 Å². The Kier molecular flexibility index (Phi) is 5.88. The van der Waals surface area contributed by atoms with E-state index in [-0.39, 0.29) is 4.90 Å². The zero-order valence-corrected chi connectivity index (χ0v) is 17.6. The molecule has 3 N–H and O–H groups in total. The Hall–Kier alpha value is -3.27. The highest BCUT2D eigenvalue weighted by Gasteiger charge is 2.43. The van der Waals surface area contributed by atoms with Crippen molar-refractivity contribution in [3.05, 3.63) is 48.0 Å². The van der Waals surface area contributed by atoms with Crippen LogP contribution in [0.1, 0.15) is 26.3 Å². The summed E-state index contributed by atoms with van der Waals surface area (Å²) in [5.41, 5.74) is -0.386. The maximum absolute atomic E-state index is 12.8. The molecule has 1 aliphatic rings.